The molecule has 0 aliphatic carbocycles. The lowest BCUT2D eigenvalue weighted by atomic mass is 9.98. The largest absolute Gasteiger partial charge is 0.478 e. The van der Waals surface area contributed by atoms with Gasteiger partial charge in [-0.05, 0) is 0 Å². The van der Waals surface area contributed by atoms with Gasteiger partial charge in [-0.2, -0.15) is 0 Å². The van der Waals surface area contributed by atoms with Crippen molar-refractivity contribution in [2.45, 2.75) is 6.92 Å². The molecular formula is C7H8O5. The zero-order valence-electron chi connectivity index (χ0n) is 6.40. The van der Waals surface area contributed by atoms with Crippen molar-refractivity contribution >= 4 is 17.7 Å². The molecule has 0 radical (unpaired) electrons. The number of hydrogen-bond donors (Lipinski definition) is 2. The van der Waals surface area contributed by atoms with Crippen LogP contribution in [0.3, 0.4) is 0 Å². The smallest absolute Gasteiger partial charge is 0.372 e. The van der Waals surface area contributed by atoms with E-state index in [9.17, 15) is 14.4 Å². The molecule has 0 aromatic rings. The number of carbonyl (C=O) groups is 3. The normalized spacial score (nSPS) is 11.8. The minimum Gasteiger partial charge on any atom is -0.478 e. The molecule has 2 N–H and O–H groups in total. The first kappa shape index (κ1) is 10.3. The lowest BCUT2D eigenvalue weighted by molar-refractivity contribution is -0.150. The number of hydrogen-bond acceptors (Lipinski definition) is 3. The predicted octanol–water partition coefficient (Wildman–Crippen LogP) is -0.0830. The van der Waals surface area contributed by atoms with Crippen LogP contribution in [0.5, 0.6) is 0 Å². The maximum Gasteiger partial charge on any atom is 0.372 e. The average molecular weight is 172 g/mol. The summed E-state index contributed by atoms with van der Waals surface area (Å²) < 4.78 is 0. The number of aliphatic carboxylic acids is 2. The first-order valence-corrected chi connectivity index (χ1v) is 3.07. The Morgan fingerprint density at radius 3 is 1.83 bits per heavy atom. The second-order valence-corrected chi connectivity index (χ2v) is 2.22. The van der Waals surface area contributed by atoms with Crippen molar-refractivity contribution in [3.8, 4) is 0 Å². The third-order valence-electron chi connectivity index (χ3n) is 1.40. The summed E-state index contributed by atoms with van der Waals surface area (Å²) in [5.41, 5.74) is -0.414. The van der Waals surface area contributed by atoms with E-state index in [4.69, 9.17) is 10.2 Å². The van der Waals surface area contributed by atoms with Gasteiger partial charge in [-0.25, -0.2) is 9.59 Å². The quantitative estimate of drug-likeness (QED) is 0.457. The van der Waals surface area contributed by atoms with Gasteiger partial charge in [-0.3, -0.25) is 4.79 Å². The fourth-order valence-corrected chi connectivity index (χ4v) is 0.529. The molecular weight excluding hydrogens is 164 g/mol. The van der Waals surface area contributed by atoms with Crippen LogP contribution < -0.4 is 0 Å². The van der Waals surface area contributed by atoms with E-state index >= 15 is 0 Å². The molecule has 1 unspecified atom stereocenters. The van der Waals surface area contributed by atoms with Crippen LogP contribution in [0.2, 0.25) is 0 Å². The molecule has 0 spiro atoms. The maximum absolute atomic E-state index is 10.7. The number of carbonyl (C=O) groups excluding carboxylic acids is 1. The van der Waals surface area contributed by atoms with Gasteiger partial charge in [0.1, 0.15) is 0 Å². The molecule has 0 saturated carbocycles. The zero-order valence-corrected chi connectivity index (χ0v) is 6.40. The second-order valence-electron chi connectivity index (χ2n) is 2.22. The molecule has 0 aromatic carbocycles. The van der Waals surface area contributed by atoms with E-state index in [0.717, 1.165) is 0 Å². The van der Waals surface area contributed by atoms with Gasteiger partial charge in [0.05, 0.1) is 5.92 Å². The Hall–Kier alpha value is -1.65. The number of ketones is 1. The number of rotatable bonds is 4. The molecule has 0 amide bonds. The van der Waals surface area contributed by atoms with Crippen molar-refractivity contribution < 1.29 is 24.6 Å². The molecule has 5 heteroatoms. The van der Waals surface area contributed by atoms with E-state index in [2.05, 4.69) is 6.58 Å². The Kier molecular flexibility index (Phi) is 3.15. The maximum atomic E-state index is 10.7. The fourth-order valence-electron chi connectivity index (χ4n) is 0.529. The highest BCUT2D eigenvalue weighted by Gasteiger charge is 2.26. The molecule has 0 saturated heterocycles. The van der Waals surface area contributed by atoms with Gasteiger partial charge in [-0.15, -0.1) is 0 Å². The summed E-state index contributed by atoms with van der Waals surface area (Å²) in [7, 11) is 0. The average Bonchev–Trinajstić information content (AvgIpc) is 2.00. The highest BCUT2D eigenvalue weighted by Crippen LogP contribution is 2.09. The van der Waals surface area contributed by atoms with E-state index in [1.165, 1.54) is 6.92 Å². The predicted molar refractivity (Wildman–Crippen MR) is 38.6 cm³/mol. The molecule has 0 bridgehead atoms. The molecule has 66 valence electrons. The summed E-state index contributed by atoms with van der Waals surface area (Å²) in [6, 6.07) is 0. The van der Waals surface area contributed by atoms with Crippen molar-refractivity contribution in [3.05, 3.63) is 12.2 Å². The van der Waals surface area contributed by atoms with Crippen LogP contribution in [0.1, 0.15) is 6.92 Å². The Morgan fingerprint density at radius 1 is 1.17 bits per heavy atom. The van der Waals surface area contributed by atoms with E-state index in [1.54, 1.807) is 0 Å². The molecule has 0 rings (SSSR count). The van der Waals surface area contributed by atoms with Gasteiger partial charge in [-0.1, -0.05) is 13.5 Å². The summed E-state index contributed by atoms with van der Waals surface area (Å²) in [5, 5.41) is 16.5. The van der Waals surface area contributed by atoms with Gasteiger partial charge in [0.15, 0.2) is 0 Å². The number of Topliss-reactive ketones (excluding diaryl/α,β-unsaturated/α-hetero) is 1. The Labute approximate surface area is 68.3 Å². The van der Waals surface area contributed by atoms with Gasteiger partial charge >= 0.3 is 11.9 Å². The van der Waals surface area contributed by atoms with E-state index in [0.29, 0.717) is 0 Å². The summed E-state index contributed by atoms with van der Waals surface area (Å²) in [6.07, 6.45) is 0. The van der Waals surface area contributed by atoms with Crippen molar-refractivity contribution in [3.63, 3.8) is 0 Å². The lowest BCUT2D eigenvalue weighted by Crippen LogP contribution is -2.25. The molecule has 5 nitrogen and oxygen atoms in total. The Morgan fingerprint density at radius 2 is 1.58 bits per heavy atom. The molecule has 0 heterocycles. The van der Waals surface area contributed by atoms with Crippen LogP contribution in [0, 0.1) is 5.92 Å². The molecule has 0 aliphatic rings. The summed E-state index contributed by atoms with van der Waals surface area (Å²) >= 11 is 0. The molecule has 0 fully saturated rings. The third-order valence-corrected chi connectivity index (χ3v) is 1.40. The first-order valence-electron chi connectivity index (χ1n) is 3.07. The van der Waals surface area contributed by atoms with Gasteiger partial charge in [0.2, 0.25) is 5.78 Å². The van der Waals surface area contributed by atoms with Crippen LogP contribution in [0.4, 0.5) is 0 Å². The van der Waals surface area contributed by atoms with E-state index in [1.807, 2.05) is 0 Å². The minimum atomic E-state index is -1.65. The van der Waals surface area contributed by atoms with Crippen LogP contribution in [0.15, 0.2) is 12.2 Å². The topological polar surface area (TPSA) is 91.7 Å². The molecule has 12 heavy (non-hydrogen) atoms. The number of carboxylic acids is 2. The van der Waals surface area contributed by atoms with E-state index in [-0.39, 0.29) is 0 Å². The summed E-state index contributed by atoms with van der Waals surface area (Å²) in [4.78, 5) is 31.0. The summed E-state index contributed by atoms with van der Waals surface area (Å²) in [6.45, 7) is 4.26. The highest BCUT2D eigenvalue weighted by molar-refractivity contribution is 6.34. The standard InChI is InChI=1S/C7H8O5/c1-3(4(2)6(9)10)5(8)7(11)12/h3H,2H2,1H3,(H,9,10)(H,11,12). The Bertz CT molecular complexity index is 227. The zero-order chi connectivity index (χ0) is 9.89. The third kappa shape index (κ3) is 2.19. The molecule has 0 aliphatic heterocycles. The number of carboxylic acid groups (broad SMARTS) is 2. The van der Waals surface area contributed by atoms with Crippen LogP contribution >= 0.6 is 0 Å². The first-order chi connectivity index (χ1) is 5.37. The van der Waals surface area contributed by atoms with E-state index < -0.39 is 29.2 Å². The Balaban J connectivity index is 4.51. The highest BCUT2D eigenvalue weighted by atomic mass is 16.4. The van der Waals surface area contributed by atoms with Crippen LogP contribution in [-0.2, 0) is 14.4 Å². The van der Waals surface area contributed by atoms with Crippen molar-refractivity contribution in [2.24, 2.45) is 5.92 Å². The van der Waals surface area contributed by atoms with Gasteiger partial charge in [0, 0.05) is 5.57 Å². The monoisotopic (exact) mass is 172 g/mol. The van der Waals surface area contributed by atoms with Crippen LogP contribution in [-0.4, -0.2) is 27.9 Å². The SMILES string of the molecule is C=C(C(=O)O)C(C)C(=O)C(=O)O. The van der Waals surface area contributed by atoms with Gasteiger partial charge in [0.25, 0.3) is 0 Å². The summed E-state index contributed by atoms with van der Waals surface area (Å²) in [5.74, 6) is -5.36. The van der Waals surface area contributed by atoms with Crippen molar-refractivity contribution in [1.82, 2.24) is 0 Å². The van der Waals surface area contributed by atoms with Crippen molar-refractivity contribution in [1.29, 1.82) is 0 Å². The minimum absolute atomic E-state index is 0.414. The van der Waals surface area contributed by atoms with Crippen molar-refractivity contribution in [2.75, 3.05) is 0 Å². The molecule has 0 aromatic heterocycles. The molecule has 1 atom stereocenters. The fraction of sp³-hybridized carbons (Fsp3) is 0.286. The second kappa shape index (κ2) is 3.66. The van der Waals surface area contributed by atoms with Gasteiger partial charge < -0.3 is 10.2 Å². The lowest BCUT2D eigenvalue weighted by Gasteiger charge is -2.05. The van der Waals surface area contributed by atoms with Crippen LogP contribution in [0.25, 0.3) is 0 Å².